The molecule has 8 nitrogen and oxygen atoms in total. The molecule has 2 aliphatic heterocycles. The molecular formula is C13H17N2NaO6. The maximum Gasteiger partial charge on any atom is 1.00 e. The van der Waals surface area contributed by atoms with Crippen molar-refractivity contribution in [3.05, 3.63) is 11.3 Å². The zero-order chi connectivity index (χ0) is 15.9. The second kappa shape index (κ2) is 6.99. The van der Waals surface area contributed by atoms with Gasteiger partial charge >= 0.3 is 35.7 Å². The van der Waals surface area contributed by atoms with Crippen molar-refractivity contribution in [2.45, 2.75) is 26.0 Å². The normalized spacial score (nSPS) is 27.5. The predicted octanol–water partition coefficient (Wildman–Crippen LogP) is -4.79. The zero-order valence-electron chi connectivity index (χ0n) is 13.0. The van der Waals surface area contributed by atoms with E-state index in [1.54, 1.807) is 6.92 Å². The van der Waals surface area contributed by atoms with E-state index in [2.05, 4.69) is 5.32 Å². The summed E-state index contributed by atoms with van der Waals surface area (Å²) in [6.45, 7) is 2.99. The molecule has 0 saturated carbocycles. The van der Waals surface area contributed by atoms with Gasteiger partial charge in [0.25, 0.3) is 0 Å². The van der Waals surface area contributed by atoms with Gasteiger partial charge in [-0.05, 0) is 12.5 Å². The topological polar surface area (TPSA) is 119 Å². The number of fused-ring (bicyclic) bond motifs is 1. The Morgan fingerprint density at radius 3 is 2.55 bits per heavy atom. The molecule has 1 fully saturated rings. The van der Waals surface area contributed by atoms with Crippen molar-refractivity contribution < 1.29 is 58.9 Å². The largest absolute Gasteiger partial charge is 1.00 e. The predicted molar refractivity (Wildman–Crippen MR) is 67.4 cm³/mol. The Labute approximate surface area is 149 Å². The standard InChI is InChI=1S/C13H18N2O6.Na/c1-5-7(4-21-13(20)14-3)10(12(18)19)15-9(5)8(6(2)16)11(15)17;/h5-6,8-9,16H,4H2,1-3H3,(H,14,20)(H,18,19);/q;+1/p-1/t5-,6+,8+,9+;/m0./s1. The number of aliphatic carboxylic acids is 1. The molecule has 2 aliphatic rings. The summed E-state index contributed by atoms with van der Waals surface area (Å²) in [6.07, 6.45) is -1.57. The first kappa shape index (κ1) is 19.0. The van der Waals surface area contributed by atoms with E-state index in [1.165, 1.54) is 14.0 Å². The van der Waals surface area contributed by atoms with Crippen molar-refractivity contribution in [1.29, 1.82) is 0 Å². The van der Waals surface area contributed by atoms with Gasteiger partial charge in [-0.2, -0.15) is 0 Å². The van der Waals surface area contributed by atoms with Crippen LogP contribution in [0.5, 0.6) is 0 Å². The number of nitrogens with zero attached hydrogens (tertiary/aromatic N) is 1. The van der Waals surface area contributed by atoms with Crippen molar-refractivity contribution in [2.24, 2.45) is 11.8 Å². The molecule has 1 saturated heterocycles. The SMILES string of the molecule is CNC(=O)OCC1=C(C(=O)[O-])N2C(=O)[C@H]([C@@H](C)O)[C@H]2[C@H]1C.[Na+]. The van der Waals surface area contributed by atoms with Crippen LogP contribution in [-0.4, -0.2) is 53.8 Å². The third kappa shape index (κ3) is 2.88. The number of nitrogens with one attached hydrogen (secondary N) is 1. The smallest absolute Gasteiger partial charge is 0.543 e. The molecule has 0 spiro atoms. The number of carboxylic acids is 1. The van der Waals surface area contributed by atoms with Gasteiger partial charge in [0.1, 0.15) is 6.61 Å². The second-order valence-corrected chi connectivity index (χ2v) is 5.24. The summed E-state index contributed by atoms with van der Waals surface area (Å²) in [7, 11) is 1.38. The summed E-state index contributed by atoms with van der Waals surface area (Å²) in [5, 5.41) is 23.2. The van der Waals surface area contributed by atoms with E-state index >= 15 is 0 Å². The van der Waals surface area contributed by atoms with Crippen LogP contribution in [0.3, 0.4) is 0 Å². The molecule has 0 aromatic carbocycles. The van der Waals surface area contributed by atoms with E-state index in [-0.39, 0.29) is 47.8 Å². The number of carbonyl (C=O) groups is 3. The van der Waals surface area contributed by atoms with Crippen molar-refractivity contribution in [3.8, 4) is 0 Å². The second-order valence-electron chi connectivity index (χ2n) is 5.24. The Balaban J connectivity index is 0.00000242. The molecule has 0 aromatic rings. The number of carbonyl (C=O) groups excluding carboxylic acids is 3. The van der Waals surface area contributed by atoms with Gasteiger partial charge in [0.2, 0.25) is 5.91 Å². The third-order valence-electron chi connectivity index (χ3n) is 4.07. The molecule has 116 valence electrons. The van der Waals surface area contributed by atoms with Crippen LogP contribution in [0, 0.1) is 11.8 Å². The average Bonchev–Trinajstić information content (AvgIpc) is 2.65. The van der Waals surface area contributed by atoms with Crippen LogP contribution in [0.2, 0.25) is 0 Å². The molecule has 0 aliphatic carbocycles. The molecule has 4 atom stereocenters. The summed E-state index contributed by atoms with van der Waals surface area (Å²) < 4.78 is 4.88. The summed E-state index contributed by atoms with van der Waals surface area (Å²) in [4.78, 5) is 35.6. The number of aliphatic hydroxyl groups excluding tert-OH is 1. The molecule has 22 heavy (non-hydrogen) atoms. The number of carboxylic acid groups (broad SMARTS) is 1. The van der Waals surface area contributed by atoms with Gasteiger partial charge in [0, 0.05) is 13.0 Å². The minimum absolute atomic E-state index is 0. The number of alkyl carbamates (subject to hydrolysis) is 1. The van der Waals surface area contributed by atoms with Gasteiger partial charge in [0.05, 0.1) is 29.7 Å². The number of ether oxygens (including phenoxy) is 1. The first-order chi connectivity index (χ1) is 9.81. The zero-order valence-corrected chi connectivity index (χ0v) is 15.0. The maximum absolute atomic E-state index is 12.0. The van der Waals surface area contributed by atoms with Crippen molar-refractivity contribution >= 4 is 18.0 Å². The van der Waals surface area contributed by atoms with Gasteiger partial charge in [-0.1, -0.05) is 6.92 Å². The summed E-state index contributed by atoms with van der Waals surface area (Å²) in [5.41, 5.74) is 0.0680. The van der Waals surface area contributed by atoms with Crippen molar-refractivity contribution in [3.63, 3.8) is 0 Å². The Bertz CT molecular complexity index is 533. The van der Waals surface area contributed by atoms with Gasteiger partial charge in [0.15, 0.2) is 0 Å². The van der Waals surface area contributed by atoms with Gasteiger partial charge in [-0.15, -0.1) is 0 Å². The van der Waals surface area contributed by atoms with Crippen LogP contribution in [0.1, 0.15) is 13.8 Å². The van der Waals surface area contributed by atoms with Crippen LogP contribution in [0.25, 0.3) is 0 Å². The monoisotopic (exact) mass is 320 g/mol. The van der Waals surface area contributed by atoms with Crippen molar-refractivity contribution in [2.75, 3.05) is 13.7 Å². The molecule has 0 aromatic heterocycles. The van der Waals surface area contributed by atoms with E-state index in [4.69, 9.17) is 4.74 Å². The van der Waals surface area contributed by atoms with E-state index in [9.17, 15) is 24.6 Å². The number of rotatable bonds is 4. The molecule has 2 heterocycles. The van der Waals surface area contributed by atoms with Crippen LogP contribution in [0.4, 0.5) is 4.79 Å². The van der Waals surface area contributed by atoms with Gasteiger partial charge in [-0.25, -0.2) is 4.79 Å². The Morgan fingerprint density at radius 2 is 2.09 bits per heavy atom. The fourth-order valence-electron chi connectivity index (χ4n) is 3.04. The van der Waals surface area contributed by atoms with Crippen LogP contribution in [0.15, 0.2) is 11.3 Å². The molecule has 0 unspecified atom stereocenters. The molecule has 2 N–H and O–H groups in total. The quantitative estimate of drug-likeness (QED) is 0.396. The molecule has 0 bridgehead atoms. The van der Waals surface area contributed by atoms with Crippen LogP contribution < -0.4 is 40.0 Å². The fraction of sp³-hybridized carbons (Fsp3) is 0.615. The Kier molecular flexibility index (Phi) is 6.03. The fourth-order valence-corrected chi connectivity index (χ4v) is 3.04. The molecule has 2 rings (SSSR count). The van der Waals surface area contributed by atoms with Gasteiger partial charge < -0.3 is 30.0 Å². The minimum Gasteiger partial charge on any atom is -0.543 e. The average molecular weight is 320 g/mol. The third-order valence-corrected chi connectivity index (χ3v) is 4.07. The van der Waals surface area contributed by atoms with Crippen LogP contribution in [-0.2, 0) is 14.3 Å². The molecular weight excluding hydrogens is 303 g/mol. The van der Waals surface area contributed by atoms with Crippen LogP contribution >= 0.6 is 0 Å². The number of hydrogen-bond donors (Lipinski definition) is 2. The summed E-state index contributed by atoms with van der Waals surface area (Å²) in [5.74, 6) is -2.92. The minimum atomic E-state index is -1.49. The number of aliphatic hydroxyl groups is 1. The summed E-state index contributed by atoms with van der Waals surface area (Å²) in [6, 6.07) is -0.436. The van der Waals surface area contributed by atoms with E-state index in [1.807, 2.05) is 0 Å². The Morgan fingerprint density at radius 1 is 1.50 bits per heavy atom. The first-order valence-electron chi connectivity index (χ1n) is 6.61. The van der Waals surface area contributed by atoms with Crippen molar-refractivity contribution in [1.82, 2.24) is 10.2 Å². The van der Waals surface area contributed by atoms with E-state index in [0.717, 1.165) is 4.90 Å². The van der Waals surface area contributed by atoms with E-state index in [0.29, 0.717) is 5.57 Å². The number of amides is 2. The molecule has 0 radical (unpaired) electrons. The van der Waals surface area contributed by atoms with E-state index < -0.39 is 36.0 Å². The van der Waals surface area contributed by atoms with Gasteiger partial charge in [-0.3, -0.25) is 4.79 Å². The summed E-state index contributed by atoms with van der Waals surface area (Å²) >= 11 is 0. The first-order valence-corrected chi connectivity index (χ1v) is 6.61. The maximum atomic E-state index is 12.0. The number of hydrogen-bond acceptors (Lipinski definition) is 6. The Hall–Kier alpha value is -1.09. The molecule has 2 amide bonds. The molecule has 9 heteroatoms. The number of β-lactam (4-membered cyclic amide) rings is 1.